The monoisotopic (exact) mass is 235 g/mol. The molecule has 0 saturated carbocycles. The first-order valence-electron chi connectivity index (χ1n) is 2.98. The zero-order chi connectivity index (χ0) is 9.56. The second-order valence-electron chi connectivity index (χ2n) is 1.71. The van der Waals surface area contributed by atoms with Crippen LogP contribution < -0.4 is 0 Å². The second kappa shape index (κ2) is 5.65. The van der Waals surface area contributed by atoms with Gasteiger partial charge in [0.2, 0.25) is 5.82 Å². The summed E-state index contributed by atoms with van der Waals surface area (Å²) in [6.45, 7) is 0. The van der Waals surface area contributed by atoms with E-state index in [-0.39, 0.29) is 0 Å². The molecular formula is C7H7BrFNO2. The molecule has 0 saturated heterocycles. The molecule has 0 fully saturated rings. The largest absolute Gasteiger partial charge is 0.304 e. The van der Waals surface area contributed by atoms with Crippen LogP contribution in [-0.2, 0) is 0 Å². The molecule has 0 aliphatic heterocycles. The first-order valence-corrected chi connectivity index (χ1v) is 4.57. The van der Waals surface area contributed by atoms with Crippen molar-refractivity contribution in [3.8, 4) is 0 Å². The van der Waals surface area contributed by atoms with Crippen LogP contribution in [-0.4, -0.2) is 10.8 Å². The lowest BCUT2D eigenvalue weighted by atomic mass is 10.3. The van der Waals surface area contributed by atoms with E-state index in [2.05, 4.69) is 15.9 Å². The summed E-state index contributed by atoms with van der Waals surface area (Å²) in [7, 11) is 0. The molecule has 0 amide bonds. The Kier molecular flexibility index (Phi) is 5.19. The number of nitro benzene ring substituents is 1. The molecule has 0 aromatic heterocycles. The molecule has 0 unspecified atom stereocenters. The molecule has 0 radical (unpaired) electrons. The van der Waals surface area contributed by atoms with Crippen LogP contribution in [0.2, 0.25) is 0 Å². The van der Waals surface area contributed by atoms with Crippen molar-refractivity contribution >= 4 is 21.6 Å². The van der Waals surface area contributed by atoms with Crippen molar-refractivity contribution in [2.45, 2.75) is 0 Å². The van der Waals surface area contributed by atoms with E-state index >= 15 is 0 Å². The minimum absolute atomic E-state index is 0.484. The lowest BCUT2D eigenvalue weighted by Crippen LogP contribution is -1.90. The molecule has 0 aliphatic carbocycles. The number of benzene rings is 1. The highest BCUT2D eigenvalue weighted by Gasteiger charge is 2.09. The molecule has 12 heavy (non-hydrogen) atoms. The Morgan fingerprint density at radius 1 is 1.42 bits per heavy atom. The molecule has 0 aliphatic rings. The van der Waals surface area contributed by atoms with Gasteiger partial charge in [-0.1, -0.05) is 28.1 Å². The Balaban J connectivity index is 0.000000561. The number of hydrogen-bond donors (Lipinski definition) is 0. The van der Waals surface area contributed by atoms with Crippen molar-refractivity contribution in [1.82, 2.24) is 0 Å². The van der Waals surface area contributed by atoms with Crippen molar-refractivity contribution < 1.29 is 9.31 Å². The predicted molar refractivity (Wildman–Crippen MR) is 47.9 cm³/mol. The number of nitro groups is 1. The highest BCUT2D eigenvalue weighted by atomic mass is 79.9. The van der Waals surface area contributed by atoms with E-state index in [1.54, 1.807) is 0 Å². The molecule has 0 spiro atoms. The molecule has 66 valence electrons. The summed E-state index contributed by atoms with van der Waals surface area (Å²) in [5.74, 6) is 1.01. The molecule has 0 heterocycles. The molecule has 5 heteroatoms. The van der Waals surface area contributed by atoms with Crippen molar-refractivity contribution in [2.75, 3.05) is 5.83 Å². The highest BCUT2D eigenvalue weighted by Crippen LogP contribution is 2.14. The summed E-state index contributed by atoms with van der Waals surface area (Å²) in [6, 6.07) is 5.00. The van der Waals surface area contributed by atoms with E-state index < -0.39 is 16.4 Å². The standard InChI is InChI=1S/C6H4FNO2.CH3Br/c7-5-3-1-2-4-6(5)8(9)10;1-2/h1-4H;1H3. The van der Waals surface area contributed by atoms with Gasteiger partial charge in [-0.25, -0.2) is 0 Å². The van der Waals surface area contributed by atoms with Crippen molar-refractivity contribution in [3.05, 3.63) is 40.2 Å². The van der Waals surface area contributed by atoms with Gasteiger partial charge in [-0.2, -0.15) is 4.39 Å². The molecule has 1 rings (SSSR count). The fraction of sp³-hybridized carbons (Fsp3) is 0.143. The lowest BCUT2D eigenvalue weighted by Gasteiger charge is -1.89. The fourth-order valence-electron chi connectivity index (χ4n) is 0.600. The van der Waals surface area contributed by atoms with Gasteiger partial charge in [0.05, 0.1) is 4.92 Å². The SMILES string of the molecule is CBr.O=[N+]([O-])c1ccccc1F. The summed E-state index contributed by atoms with van der Waals surface area (Å²) in [5, 5.41) is 9.99. The number of rotatable bonds is 1. The zero-order valence-corrected chi connectivity index (χ0v) is 7.92. The average Bonchev–Trinajstić information content (AvgIpc) is 2.08. The van der Waals surface area contributed by atoms with Crippen LogP contribution >= 0.6 is 15.9 Å². The molecule has 3 nitrogen and oxygen atoms in total. The first-order chi connectivity index (χ1) is 5.72. The highest BCUT2D eigenvalue weighted by molar-refractivity contribution is 9.08. The summed E-state index contributed by atoms with van der Waals surface area (Å²) in [4.78, 5) is 9.23. The minimum Gasteiger partial charge on any atom is -0.258 e. The van der Waals surface area contributed by atoms with E-state index in [9.17, 15) is 14.5 Å². The normalized spacial score (nSPS) is 8.25. The fourth-order valence-corrected chi connectivity index (χ4v) is 0.600. The maximum atomic E-state index is 12.4. The van der Waals surface area contributed by atoms with Gasteiger partial charge in [0.15, 0.2) is 0 Å². The quantitative estimate of drug-likeness (QED) is 0.427. The topological polar surface area (TPSA) is 43.1 Å². The van der Waals surface area contributed by atoms with Crippen LogP contribution in [0.5, 0.6) is 0 Å². The average molecular weight is 236 g/mol. The maximum Gasteiger partial charge on any atom is 0.304 e. The van der Waals surface area contributed by atoms with E-state index in [1.165, 1.54) is 12.1 Å². The molecule has 1 aromatic rings. The number of nitrogens with zero attached hydrogens (tertiary/aromatic N) is 1. The van der Waals surface area contributed by atoms with E-state index in [0.717, 1.165) is 12.1 Å². The van der Waals surface area contributed by atoms with E-state index in [4.69, 9.17) is 0 Å². The van der Waals surface area contributed by atoms with Crippen LogP contribution in [0, 0.1) is 15.9 Å². The van der Waals surface area contributed by atoms with Crippen LogP contribution in [0.15, 0.2) is 24.3 Å². The van der Waals surface area contributed by atoms with Gasteiger partial charge in [0.25, 0.3) is 0 Å². The number of hydrogen-bond acceptors (Lipinski definition) is 2. The van der Waals surface area contributed by atoms with Gasteiger partial charge in [-0.15, -0.1) is 0 Å². The van der Waals surface area contributed by atoms with Crippen LogP contribution in [0.25, 0.3) is 0 Å². The lowest BCUT2D eigenvalue weighted by molar-refractivity contribution is -0.387. The van der Waals surface area contributed by atoms with Crippen LogP contribution in [0.3, 0.4) is 0 Å². The number of halogens is 2. The molecule has 1 aromatic carbocycles. The molecule has 0 atom stereocenters. The first kappa shape index (κ1) is 11.0. The third-order valence-electron chi connectivity index (χ3n) is 1.05. The van der Waals surface area contributed by atoms with Gasteiger partial charge in [0, 0.05) is 6.07 Å². The van der Waals surface area contributed by atoms with Gasteiger partial charge in [0.1, 0.15) is 0 Å². The Hall–Kier alpha value is -0.970. The van der Waals surface area contributed by atoms with Gasteiger partial charge < -0.3 is 0 Å². The molecule has 0 N–H and O–H groups in total. The van der Waals surface area contributed by atoms with E-state index in [1.807, 2.05) is 5.83 Å². The third kappa shape index (κ3) is 2.96. The second-order valence-corrected chi connectivity index (χ2v) is 1.71. The smallest absolute Gasteiger partial charge is 0.258 e. The maximum absolute atomic E-state index is 12.4. The Morgan fingerprint density at radius 2 is 1.92 bits per heavy atom. The van der Waals surface area contributed by atoms with E-state index in [0.29, 0.717) is 0 Å². The molecular weight excluding hydrogens is 229 g/mol. The Morgan fingerprint density at radius 3 is 2.25 bits per heavy atom. The number of alkyl halides is 1. The number of para-hydroxylation sites is 1. The third-order valence-corrected chi connectivity index (χ3v) is 1.05. The Labute approximate surface area is 77.5 Å². The van der Waals surface area contributed by atoms with Crippen LogP contribution in [0.1, 0.15) is 0 Å². The van der Waals surface area contributed by atoms with Gasteiger partial charge in [-0.3, -0.25) is 10.1 Å². The van der Waals surface area contributed by atoms with Crippen molar-refractivity contribution in [3.63, 3.8) is 0 Å². The zero-order valence-electron chi connectivity index (χ0n) is 6.33. The summed E-state index contributed by atoms with van der Waals surface area (Å²) in [5.41, 5.74) is -0.484. The van der Waals surface area contributed by atoms with Crippen molar-refractivity contribution in [1.29, 1.82) is 0 Å². The summed E-state index contributed by atoms with van der Waals surface area (Å²) < 4.78 is 12.4. The molecule has 0 bridgehead atoms. The Bertz CT molecular complexity index is 267. The van der Waals surface area contributed by atoms with Gasteiger partial charge in [-0.05, 0) is 11.9 Å². The predicted octanol–water partition coefficient (Wildman–Crippen LogP) is 2.75. The summed E-state index contributed by atoms with van der Waals surface area (Å²) in [6.07, 6.45) is 0. The summed E-state index contributed by atoms with van der Waals surface area (Å²) >= 11 is 2.94. The van der Waals surface area contributed by atoms with Crippen LogP contribution in [0.4, 0.5) is 10.1 Å². The van der Waals surface area contributed by atoms with Gasteiger partial charge >= 0.3 is 5.69 Å². The van der Waals surface area contributed by atoms with Crippen molar-refractivity contribution in [2.24, 2.45) is 0 Å². The minimum atomic E-state index is -0.799.